The first-order valence-electron chi connectivity index (χ1n) is 9.62. The number of carbonyl (C=O) groups is 1. The molecule has 2 heterocycles. The Morgan fingerprint density at radius 2 is 1.83 bits per heavy atom. The molecule has 0 bridgehead atoms. The minimum atomic E-state index is 0.140. The van der Waals surface area contributed by atoms with Crippen molar-refractivity contribution in [2.24, 2.45) is 0 Å². The lowest BCUT2D eigenvalue weighted by molar-refractivity contribution is -0.131. The summed E-state index contributed by atoms with van der Waals surface area (Å²) in [5, 5.41) is 4.77. The molecule has 1 aliphatic heterocycles. The van der Waals surface area contributed by atoms with Crippen LogP contribution in [-0.2, 0) is 11.2 Å². The monoisotopic (exact) mass is 411 g/mol. The number of hydrogen-bond acceptors (Lipinski definition) is 5. The SMILES string of the molecule is COc1ccc(CC(=O)N2CCC(c3nc(-c4ccc(Cl)cc4)no3)CC2)cc1. The van der Waals surface area contributed by atoms with E-state index in [2.05, 4.69) is 10.1 Å². The van der Waals surface area contributed by atoms with Gasteiger partial charge in [-0.3, -0.25) is 4.79 Å². The van der Waals surface area contributed by atoms with Crippen molar-refractivity contribution in [2.75, 3.05) is 20.2 Å². The average Bonchev–Trinajstić information content (AvgIpc) is 3.25. The third-order valence-electron chi connectivity index (χ3n) is 5.26. The van der Waals surface area contributed by atoms with Crippen molar-refractivity contribution in [3.05, 3.63) is 65.0 Å². The molecule has 4 rings (SSSR count). The molecule has 29 heavy (non-hydrogen) atoms. The molecule has 1 fully saturated rings. The van der Waals surface area contributed by atoms with Gasteiger partial charge in [0.15, 0.2) is 0 Å². The minimum absolute atomic E-state index is 0.140. The average molecular weight is 412 g/mol. The van der Waals surface area contributed by atoms with Crippen LogP contribution in [0.1, 0.15) is 30.2 Å². The standard InChI is InChI=1S/C22H22ClN3O3/c1-28-19-8-2-15(3-9-19)14-20(27)26-12-10-17(11-13-26)22-24-21(25-29-22)16-4-6-18(23)7-5-16/h2-9,17H,10-14H2,1H3. The van der Waals surface area contributed by atoms with Crippen molar-refractivity contribution < 1.29 is 14.1 Å². The topological polar surface area (TPSA) is 68.5 Å². The van der Waals surface area contributed by atoms with Gasteiger partial charge in [0, 0.05) is 29.6 Å². The fourth-order valence-corrected chi connectivity index (χ4v) is 3.65. The van der Waals surface area contributed by atoms with Gasteiger partial charge in [0.25, 0.3) is 0 Å². The van der Waals surface area contributed by atoms with E-state index in [1.165, 1.54) is 0 Å². The molecule has 0 saturated carbocycles. The molecule has 0 atom stereocenters. The van der Waals surface area contributed by atoms with Gasteiger partial charge in [-0.15, -0.1) is 0 Å². The Kier molecular flexibility index (Phi) is 5.81. The first kappa shape index (κ1) is 19.5. The third-order valence-corrected chi connectivity index (χ3v) is 5.51. The van der Waals surface area contributed by atoms with Crippen LogP contribution in [0.3, 0.4) is 0 Å². The Labute approximate surface area is 174 Å². The lowest BCUT2D eigenvalue weighted by Gasteiger charge is -2.30. The van der Waals surface area contributed by atoms with E-state index in [0.29, 0.717) is 36.2 Å². The van der Waals surface area contributed by atoms with Crippen LogP contribution in [-0.4, -0.2) is 41.1 Å². The molecule has 1 amide bonds. The number of likely N-dealkylation sites (tertiary alicyclic amines) is 1. The van der Waals surface area contributed by atoms with Gasteiger partial charge in [0.1, 0.15) is 5.75 Å². The van der Waals surface area contributed by atoms with Crippen LogP contribution < -0.4 is 4.74 Å². The lowest BCUT2D eigenvalue weighted by Crippen LogP contribution is -2.38. The fraction of sp³-hybridized carbons (Fsp3) is 0.318. The van der Waals surface area contributed by atoms with Crippen molar-refractivity contribution in [1.29, 1.82) is 0 Å². The van der Waals surface area contributed by atoms with E-state index in [1.807, 2.05) is 41.3 Å². The number of benzene rings is 2. The van der Waals surface area contributed by atoms with E-state index in [4.69, 9.17) is 20.9 Å². The maximum absolute atomic E-state index is 12.6. The Balaban J connectivity index is 1.33. The van der Waals surface area contributed by atoms with Gasteiger partial charge in [-0.2, -0.15) is 4.98 Å². The van der Waals surface area contributed by atoms with E-state index < -0.39 is 0 Å². The number of methoxy groups -OCH3 is 1. The smallest absolute Gasteiger partial charge is 0.230 e. The first-order valence-corrected chi connectivity index (χ1v) is 10.0. The summed E-state index contributed by atoms with van der Waals surface area (Å²) < 4.78 is 10.7. The second kappa shape index (κ2) is 8.66. The van der Waals surface area contributed by atoms with Crippen molar-refractivity contribution >= 4 is 17.5 Å². The van der Waals surface area contributed by atoms with Crippen LogP contribution in [0.4, 0.5) is 0 Å². The molecule has 0 unspecified atom stereocenters. The van der Waals surface area contributed by atoms with Gasteiger partial charge in [-0.05, 0) is 54.8 Å². The summed E-state index contributed by atoms with van der Waals surface area (Å²) in [7, 11) is 1.63. The number of ether oxygens (including phenoxy) is 1. The molecule has 150 valence electrons. The number of hydrogen-bond donors (Lipinski definition) is 0. The quantitative estimate of drug-likeness (QED) is 0.624. The number of rotatable bonds is 5. The molecule has 0 N–H and O–H groups in total. The van der Waals surface area contributed by atoms with E-state index in [0.717, 1.165) is 29.7 Å². The highest BCUT2D eigenvalue weighted by atomic mass is 35.5. The van der Waals surface area contributed by atoms with Crippen molar-refractivity contribution in [3.63, 3.8) is 0 Å². The zero-order chi connectivity index (χ0) is 20.2. The van der Waals surface area contributed by atoms with Gasteiger partial charge in [0.05, 0.1) is 13.5 Å². The lowest BCUT2D eigenvalue weighted by atomic mass is 9.96. The Hall–Kier alpha value is -2.86. The van der Waals surface area contributed by atoms with Gasteiger partial charge in [0.2, 0.25) is 17.6 Å². The number of halogens is 1. The summed E-state index contributed by atoms with van der Waals surface area (Å²) >= 11 is 5.93. The van der Waals surface area contributed by atoms with E-state index >= 15 is 0 Å². The van der Waals surface area contributed by atoms with E-state index in [1.54, 1.807) is 19.2 Å². The molecule has 6 nitrogen and oxygen atoms in total. The summed E-state index contributed by atoms with van der Waals surface area (Å²) in [4.78, 5) is 19.1. The highest BCUT2D eigenvalue weighted by Crippen LogP contribution is 2.29. The van der Waals surface area contributed by atoms with Crippen LogP contribution in [0, 0.1) is 0 Å². The van der Waals surface area contributed by atoms with E-state index in [-0.39, 0.29) is 11.8 Å². The van der Waals surface area contributed by atoms with Crippen molar-refractivity contribution in [2.45, 2.75) is 25.2 Å². The number of carbonyl (C=O) groups excluding carboxylic acids is 1. The molecular formula is C22H22ClN3O3. The number of nitrogens with zero attached hydrogens (tertiary/aromatic N) is 3. The van der Waals surface area contributed by atoms with Crippen molar-refractivity contribution in [3.8, 4) is 17.1 Å². The molecule has 1 aromatic heterocycles. The maximum Gasteiger partial charge on any atom is 0.230 e. The molecule has 3 aromatic rings. The van der Waals surface area contributed by atoms with Gasteiger partial charge in [-0.25, -0.2) is 0 Å². The fourth-order valence-electron chi connectivity index (χ4n) is 3.52. The predicted molar refractivity (Wildman–Crippen MR) is 110 cm³/mol. The third kappa shape index (κ3) is 4.59. The summed E-state index contributed by atoms with van der Waals surface area (Å²) in [6.07, 6.45) is 2.03. The molecule has 2 aromatic carbocycles. The normalized spacial score (nSPS) is 14.8. The van der Waals surface area contributed by atoms with Gasteiger partial charge < -0.3 is 14.2 Å². The van der Waals surface area contributed by atoms with Gasteiger partial charge in [-0.1, -0.05) is 28.9 Å². The zero-order valence-corrected chi connectivity index (χ0v) is 16.9. The molecule has 1 saturated heterocycles. The number of piperidine rings is 1. The predicted octanol–water partition coefficient (Wildman–Crippen LogP) is 4.35. The summed E-state index contributed by atoms with van der Waals surface area (Å²) in [6, 6.07) is 15.0. The summed E-state index contributed by atoms with van der Waals surface area (Å²) in [6.45, 7) is 1.39. The summed E-state index contributed by atoms with van der Waals surface area (Å²) in [5.74, 6) is 2.31. The second-order valence-electron chi connectivity index (χ2n) is 7.14. The van der Waals surface area contributed by atoms with Crippen molar-refractivity contribution in [1.82, 2.24) is 15.0 Å². The van der Waals surface area contributed by atoms with Crippen LogP contribution in [0.5, 0.6) is 5.75 Å². The van der Waals surface area contributed by atoms with Crippen LogP contribution in [0.15, 0.2) is 53.1 Å². The number of aromatic nitrogens is 2. The molecule has 7 heteroatoms. The molecular weight excluding hydrogens is 390 g/mol. The Morgan fingerprint density at radius 3 is 2.48 bits per heavy atom. The molecule has 0 radical (unpaired) electrons. The highest BCUT2D eigenvalue weighted by molar-refractivity contribution is 6.30. The minimum Gasteiger partial charge on any atom is -0.497 e. The first-order chi connectivity index (χ1) is 14.1. The Morgan fingerprint density at radius 1 is 1.14 bits per heavy atom. The zero-order valence-electron chi connectivity index (χ0n) is 16.2. The summed E-state index contributed by atoms with van der Waals surface area (Å²) in [5.41, 5.74) is 1.86. The molecule has 1 aliphatic rings. The van der Waals surface area contributed by atoms with Crippen LogP contribution in [0.2, 0.25) is 5.02 Å². The van der Waals surface area contributed by atoms with Gasteiger partial charge >= 0.3 is 0 Å². The number of amides is 1. The molecule has 0 aliphatic carbocycles. The second-order valence-corrected chi connectivity index (χ2v) is 7.58. The maximum atomic E-state index is 12.6. The van der Waals surface area contributed by atoms with Crippen LogP contribution in [0.25, 0.3) is 11.4 Å². The largest absolute Gasteiger partial charge is 0.497 e. The highest BCUT2D eigenvalue weighted by Gasteiger charge is 2.27. The van der Waals surface area contributed by atoms with Crippen LogP contribution >= 0.6 is 11.6 Å². The Bertz CT molecular complexity index is 962. The molecule has 0 spiro atoms. The van der Waals surface area contributed by atoms with E-state index in [9.17, 15) is 4.79 Å².